The van der Waals surface area contributed by atoms with E-state index in [2.05, 4.69) is 24.3 Å². The zero-order valence-electron chi connectivity index (χ0n) is 18.7. The molecule has 1 aromatic heterocycles. The van der Waals surface area contributed by atoms with Crippen LogP contribution in [0.25, 0.3) is 5.69 Å². The summed E-state index contributed by atoms with van der Waals surface area (Å²) in [6.45, 7) is 9.59. The number of nitrogens with zero attached hydrogens (tertiary/aromatic N) is 2. The number of aromatic nitrogens is 2. The predicted molar refractivity (Wildman–Crippen MR) is 121 cm³/mol. The number of anilines is 1. The molecule has 2 aromatic carbocycles. The largest absolute Gasteiger partial charge is 0.452 e. The van der Waals surface area contributed by atoms with Crippen molar-refractivity contribution in [3.63, 3.8) is 0 Å². The summed E-state index contributed by atoms with van der Waals surface area (Å²) in [5.41, 5.74) is 5.25. The number of ether oxygens (including phenoxy) is 1. The summed E-state index contributed by atoms with van der Waals surface area (Å²) < 4.78 is 7.20. The molecule has 0 unspecified atom stereocenters. The fraction of sp³-hybridized carbons (Fsp3) is 0.320. The summed E-state index contributed by atoms with van der Waals surface area (Å²) in [6, 6.07) is 17.4. The Bertz CT molecular complexity index is 1050. The van der Waals surface area contributed by atoms with Gasteiger partial charge < -0.3 is 10.1 Å². The van der Waals surface area contributed by atoms with Gasteiger partial charge in [0.25, 0.3) is 5.91 Å². The number of rotatable bonds is 7. The first-order valence-corrected chi connectivity index (χ1v) is 10.5. The van der Waals surface area contributed by atoms with E-state index in [4.69, 9.17) is 4.74 Å². The van der Waals surface area contributed by atoms with Crippen LogP contribution in [0.2, 0.25) is 0 Å². The molecule has 1 heterocycles. The fourth-order valence-electron chi connectivity index (χ4n) is 3.38. The van der Waals surface area contributed by atoms with E-state index in [1.807, 2.05) is 73.1 Å². The van der Waals surface area contributed by atoms with Gasteiger partial charge in [-0.15, -0.1) is 0 Å². The van der Waals surface area contributed by atoms with Crippen molar-refractivity contribution in [2.75, 3.05) is 5.32 Å². The minimum Gasteiger partial charge on any atom is -0.452 e. The van der Waals surface area contributed by atoms with E-state index in [0.717, 1.165) is 22.6 Å². The first-order chi connectivity index (χ1) is 14.8. The van der Waals surface area contributed by atoms with E-state index in [9.17, 15) is 9.59 Å². The third kappa shape index (κ3) is 5.40. The van der Waals surface area contributed by atoms with Gasteiger partial charge in [0.2, 0.25) is 0 Å². The van der Waals surface area contributed by atoms with Crippen molar-refractivity contribution in [2.45, 2.75) is 53.1 Å². The average molecular weight is 420 g/mol. The first-order valence-electron chi connectivity index (χ1n) is 10.5. The van der Waals surface area contributed by atoms with E-state index in [1.54, 1.807) is 6.92 Å². The van der Waals surface area contributed by atoms with Crippen molar-refractivity contribution in [3.05, 3.63) is 77.1 Å². The zero-order chi connectivity index (χ0) is 22.5. The van der Waals surface area contributed by atoms with Crippen molar-refractivity contribution in [2.24, 2.45) is 0 Å². The molecule has 3 aromatic rings. The number of benzene rings is 2. The summed E-state index contributed by atoms with van der Waals surface area (Å²) in [5.74, 6) is -0.404. The number of hydrogen-bond acceptors (Lipinski definition) is 4. The number of aryl methyl sites for hydroxylation is 1. The Balaban J connectivity index is 1.61. The number of para-hydroxylation sites is 1. The lowest BCUT2D eigenvalue weighted by molar-refractivity contribution is -0.152. The van der Waals surface area contributed by atoms with Crippen LogP contribution in [-0.2, 0) is 20.7 Å². The van der Waals surface area contributed by atoms with E-state index >= 15 is 0 Å². The van der Waals surface area contributed by atoms with Crippen LogP contribution in [0, 0.1) is 13.8 Å². The van der Waals surface area contributed by atoms with Gasteiger partial charge in [0.05, 0.1) is 17.8 Å². The molecule has 1 atom stereocenters. The summed E-state index contributed by atoms with van der Waals surface area (Å²) in [4.78, 5) is 24.9. The molecule has 0 spiro atoms. The lowest BCUT2D eigenvalue weighted by Crippen LogP contribution is -2.30. The van der Waals surface area contributed by atoms with Crippen LogP contribution in [0.4, 0.5) is 5.69 Å². The van der Waals surface area contributed by atoms with Gasteiger partial charge in [0.15, 0.2) is 6.10 Å². The molecule has 0 saturated heterocycles. The number of carbonyl (C=O) groups excluding carboxylic acids is 2. The molecule has 1 N–H and O–H groups in total. The number of hydrogen-bond donors (Lipinski definition) is 1. The highest BCUT2D eigenvalue weighted by atomic mass is 16.5. The molecule has 31 heavy (non-hydrogen) atoms. The van der Waals surface area contributed by atoms with E-state index < -0.39 is 12.1 Å². The Labute approximate surface area is 183 Å². The Kier molecular flexibility index (Phi) is 6.90. The van der Waals surface area contributed by atoms with Crippen LogP contribution in [-0.4, -0.2) is 27.8 Å². The summed E-state index contributed by atoms with van der Waals surface area (Å²) >= 11 is 0. The third-order valence-electron chi connectivity index (χ3n) is 5.29. The molecule has 162 valence electrons. The normalized spacial score (nSPS) is 11.9. The Morgan fingerprint density at radius 3 is 2.26 bits per heavy atom. The first kappa shape index (κ1) is 22.3. The maximum Gasteiger partial charge on any atom is 0.311 e. The lowest BCUT2D eigenvalue weighted by atomic mass is 10.0. The van der Waals surface area contributed by atoms with Crippen LogP contribution < -0.4 is 5.32 Å². The molecular formula is C25H29N3O3. The highest BCUT2D eigenvalue weighted by Crippen LogP contribution is 2.20. The molecular weight excluding hydrogens is 390 g/mol. The molecule has 6 nitrogen and oxygen atoms in total. The van der Waals surface area contributed by atoms with E-state index in [0.29, 0.717) is 11.6 Å². The second-order valence-electron chi connectivity index (χ2n) is 7.97. The second-order valence-corrected chi connectivity index (χ2v) is 7.97. The molecule has 0 radical (unpaired) electrons. The van der Waals surface area contributed by atoms with Crippen molar-refractivity contribution in [1.29, 1.82) is 0 Å². The maximum atomic E-state index is 12.5. The summed E-state index contributed by atoms with van der Waals surface area (Å²) in [6.07, 6.45) is -0.840. The standard InChI is InChI=1S/C25H29N3O3/c1-16(2)20-11-13-21(14-12-20)26-25(30)19(5)31-24(29)15-23-17(3)27-28(18(23)4)22-9-7-6-8-10-22/h6-14,16,19H,15H2,1-5H3,(H,26,30)/t19-/m0/s1. The average Bonchev–Trinajstić information content (AvgIpc) is 3.03. The minimum absolute atomic E-state index is 0.0607. The van der Waals surface area contributed by atoms with Gasteiger partial charge >= 0.3 is 5.97 Å². The molecule has 3 rings (SSSR count). The van der Waals surface area contributed by atoms with Crippen molar-refractivity contribution < 1.29 is 14.3 Å². The summed E-state index contributed by atoms with van der Waals surface area (Å²) in [7, 11) is 0. The molecule has 0 saturated carbocycles. The van der Waals surface area contributed by atoms with Crippen molar-refractivity contribution in [3.8, 4) is 5.69 Å². The second kappa shape index (κ2) is 9.60. The topological polar surface area (TPSA) is 73.2 Å². The Hall–Kier alpha value is -3.41. The number of carbonyl (C=O) groups is 2. The Morgan fingerprint density at radius 1 is 1.00 bits per heavy atom. The highest BCUT2D eigenvalue weighted by Gasteiger charge is 2.21. The van der Waals surface area contributed by atoms with Crippen LogP contribution in [0.1, 0.15) is 49.2 Å². The molecule has 0 bridgehead atoms. The molecule has 6 heteroatoms. The van der Waals surface area contributed by atoms with Gasteiger partial charge in [-0.2, -0.15) is 5.10 Å². The quantitative estimate of drug-likeness (QED) is 0.562. The zero-order valence-corrected chi connectivity index (χ0v) is 18.7. The minimum atomic E-state index is -0.901. The lowest BCUT2D eigenvalue weighted by Gasteiger charge is -2.14. The van der Waals surface area contributed by atoms with Gasteiger partial charge in [-0.25, -0.2) is 4.68 Å². The van der Waals surface area contributed by atoms with Gasteiger partial charge in [-0.3, -0.25) is 9.59 Å². The van der Waals surface area contributed by atoms with E-state index in [-0.39, 0.29) is 12.3 Å². The van der Waals surface area contributed by atoms with Crippen LogP contribution in [0.15, 0.2) is 54.6 Å². The molecule has 1 amide bonds. The summed E-state index contributed by atoms with van der Waals surface area (Å²) in [5, 5.41) is 7.35. The Morgan fingerprint density at radius 2 is 1.65 bits per heavy atom. The smallest absolute Gasteiger partial charge is 0.311 e. The molecule has 0 aliphatic rings. The number of amides is 1. The van der Waals surface area contributed by atoms with Gasteiger partial charge in [0, 0.05) is 16.9 Å². The SMILES string of the molecule is Cc1nn(-c2ccccc2)c(C)c1CC(=O)O[C@@H](C)C(=O)Nc1ccc(C(C)C)cc1. The third-order valence-corrected chi connectivity index (χ3v) is 5.29. The monoisotopic (exact) mass is 419 g/mol. The van der Waals surface area contributed by atoms with Crippen molar-refractivity contribution in [1.82, 2.24) is 9.78 Å². The molecule has 0 aliphatic heterocycles. The number of nitrogens with one attached hydrogen (secondary N) is 1. The van der Waals surface area contributed by atoms with Crippen molar-refractivity contribution >= 4 is 17.6 Å². The van der Waals surface area contributed by atoms with Gasteiger partial charge in [-0.1, -0.05) is 44.2 Å². The van der Waals surface area contributed by atoms with Gasteiger partial charge in [0.1, 0.15) is 0 Å². The highest BCUT2D eigenvalue weighted by molar-refractivity contribution is 5.95. The van der Waals surface area contributed by atoms with Crippen LogP contribution >= 0.6 is 0 Å². The fourth-order valence-corrected chi connectivity index (χ4v) is 3.38. The van der Waals surface area contributed by atoms with Crippen LogP contribution in [0.3, 0.4) is 0 Å². The predicted octanol–water partition coefficient (Wildman–Crippen LogP) is 4.73. The number of esters is 1. The van der Waals surface area contributed by atoms with Gasteiger partial charge in [-0.05, 0) is 56.5 Å². The maximum absolute atomic E-state index is 12.5. The molecule has 0 aliphatic carbocycles. The van der Waals surface area contributed by atoms with Crippen LogP contribution in [0.5, 0.6) is 0 Å². The molecule has 0 fully saturated rings. The van der Waals surface area contributed by atoms with E-state index in [1.165, 1.54) is 5.56 Å².